The largest absolute Gasteiger partial charge is 0.381 e. The van der Waals surface area contributed by atoms with Crippen molar-refractivity contribution in [1.29, 1.82) is 0 Å². The van der Waals surface area contributed by atoms with Crippen LogP contribution in [0.1, 0.15) is 25.8 Å². The van der Waals surface area contributed by atoms with Gasteiger partial charge in [0.05, 0.1) is 0 Å². The van der Waals surface area contributed by atoms with Gasteiger partial charge in [0.2, 0.25) is 5.91 Å². The summed E-state index contributed by atoms with van der Waals surface area (Å²) in [6.07, 6.45) is 1.63. The molecule has 2 rings (SSSR count). The molecule has 1 heterocycles. The van der Waals surface area contributed by atoms with E-state index in [1.54, 1.807) is 0 Å². The minimum Gasteiger partial charge on any atom is -0.381 e. The van der Waals surface area contributed by atoms with E-state index in [0.717, 1.165) is 25.1 Å². The van der Waals surface area contributed by atoms with Crippen molar-refractivity contribution in [2.45, 2.75) is 32.7 Å². The molecule has 0 unspecified atom stereocenters. The molecule has 0 bridgehead atoms. The molecule has 0 saturated heterocycles. The van der Waals surface area contributed by atoms with Crippen LogP contribution in [0.5, 0.6) is 0 Å². The summed E-state index contributed by atoms with van der Waals surface area (Å²) < 4.78 is 5.49. The predicted molar refractivity (Wildman–Crippen MR) is 80.8 cm³/mol. The van der Waals surface area contributed by atoms with E-state index in [4.69, 9.17) is 4.74 Å². The average molecular weight is 276 g/mol. The van der Waals surface area contributed by atoms with E-state index in [1.165, 1.54) is 5.56 Å². The molecule has 1 amide bonds. The van der Waals surface area contributed by atoms with Crippen molar-refractivity contribution >= 4 is 11.6 Å². The molecule has 0 saturated carbocycles. The fourth-order valence-electron chi connectivity index (χ4n) is 2.28. The van der Waals surface area contributed by atoms with Gasteiger partial charge in [-0.2, -0.15) is 0 Å². The van der Waals surface area contributed by atoms with E-state index in [-0.39, 0.29) is 11.9 Å². The Hall–Kier alpha value is -1.55. The Balaban J connectivity index is 1.62. The summed E-state index contributed by atoms with van der Waals surface area (Å²) in [6, 6.07) is 7.94. The van der Waals surface area contributed by atoms with Gasteiger partial charge in [-0.25, -0.2) is 0 Å². The highest BCUT2D eigenvalue weighted by Gasteiger charge is 2.25. The molecular weight excluding hydrogens is 252 g/mol. The average Bonchev–Trinajstić information content (AvgIpc) is 2.86. The van der Waals surface area contributed by atoms with Crippen LogP contribution < -0.4 is 10.6 Å². The molecule has 0 aliphatic carbocycles. The summed E-state index contributed by atoms with van der Waals surface area (Å²) >= 11 is 0. The van der Waals surface area contributed by atoms with Gasteiger partial charge in [-0.05, 0) is 24.0 Å². The van der Waals surface area contributed by atoms with Crippen LogP contribution in [0.4, 0.5) is 5.69 Å². The first-order chi connectivity index (χ1) is 9.66. The Morgan fingerprint density at radius 1 is 1.45 bits per heavy atom. The number of fused-ring (bicyclic) bond motifs is 1. The van der Waals surface area contributed by atoms with Gasteiger partial charge in [-0.15, -0.1) is 0 Å². The van der Waals surface area contributed by atoms with Crippen LogP contribution in [-0.4, -0.2) is 31.7 Å². The highest BCUT2D eigenvalue weighted by molar-refractivity contribution is 5.87. The Bertz CT molecular complexity index is 421. The molecule has 1 aromatic carbocycles. The van der Waals surface area contributed by atoms with Crippen LogP contribution in [-0.2, 0) is 16.0 Å². The zero-order valence-corrected chi connectivity index (χ0v) is 12.3. The maximum Gasteiger partial charge on any atom is 0.242 e. The van der Waals surface area contributed by atoms with Gasteiger partial charge in [0.25, 0.3) is 0 Å². The van der Waals surface area contributed by atoms with E-state index in [9.17, 15) is 4.79 Å². The van der Waals surface area contributed by atoms with Crippen molar-refractivity contribution in [1.82, 2.24) is 5.32 Å². The van der Waals surface area contributed by atoms with E-state index < -0.39 is 0 Å². The monoisotopic (exact) mass is 276 g/mol. The number of para-hydroxylation sites is 1. The molecule has 4 heteroatoms. The first-order valence-corrected chi connectivity index (χ1v) is 7.36. The van der Waals surface area contributed by atoms with Crippen molar-refractivity contribution in [3.63, 3.8) is 0 Å². The van der Waals surface area contributed by atoms with Crippen molar-refractivity contribution in [3.05, 3.63) is 29.8 Å². The first kappa shape index (κ1) is 14.9. The van der Waals surface area contributed by atoms with Gasteiger partial charge in [0.15, 0.2) is 0 Å². The molecule has 0 radical (unpaired) electrons. The van der Waals surface area contributed by atoms with Gasteiger partial charge >= 0.3 is 0 Å². The second kappa shape index (κ2) is 7.29. The van der Waals surface area contributed by atoms with Crippen LogP contribution in [0.15, 0.2) is 24.3 Å². The van der Waals surface area contributed by atoms with E-state index in [1.807, 2.05) is 18.2 Å². The molecule has 4 nitrogen and oxygen atoms in total. The maximum atomic E-state index is 12.0. The van der Waals surface area contributed by atoms with Gasteiger partial charge in [0.1, 0.15) is 6.04 Å². The highest BCUT2D eigenvalue weighted by Crippen LogP contribution is 2.24. The molecule has 2 N–H and O–H groups in total. The zero-order valence-electron chi connectivity index (χ0n) is 12.3. The Morgan fingerprint density at radius 3 is 3.00 bits per heavy atom. The molecular formula is C16H24N2O2. The molecule has 0 fully saturated rings. The fourth-order valence-corrected chi connectivity index (χ4v) is 2.28. The highest BCUT2D eigenvalue weighted by atomic mass is 16.5. The fraction of sp³-hybridized carbons (Fsp3) is 0.562. The van der Waals surface area contributed by atoms with Gasteiger partial charge in [-0.1, -0.05) is 32.0 Å². The summed E-state index contributed by atoms with van der Waals surface area (Å²) in [5.74, 6) is 0.635. The Morgan fingerprint density at radius 2 is 2.25 bits per heavy atom. The van der Waals surface area contributed by atoms with E-state index in [2.05, 4.69) is 30.5 Å². The quantitative estimate of drug-likeness (QED) is 0.751. The van der Waals surface area contributed by atoms with Crippen molar-refractivity contribution in [2.75, 3.05) is 25.1 Å². The number of amides is 1. The van der Waals surface area contributed by atoms with Crippen LogP contribution >= 0.6 is 0 Å². The Labute approximate surface area is 120 Å². The third kappa shape index (κ3) is 4.23. The van der Waals surface area contributed by atoms with Gasteiger partial charge in [-0.3, -0.25) is 4.79 Å². The number of carbonyl (C=O) groups is 1. The summed E-state index contributed by atoms with van der Waals surface area (Å²) in [4.78, 5) is 12.0. The number of benzene rings is 1. The topological polar surface area (TPSA) is 50.4 Å². The van der Waals surface area contributed by atoms with Crippen molar-refractivity contribution < 1.29 is 9.53 Å². The number of ether oxygens (including phenoxy) is 1. The summed E-state index contributed by atoms with van der Waals surface area (Å²) in [7, 11) is 0. The minimum absolute atomic E-state index is 0.0741. The number of carbonyl (C=O) groups excluding carboxylic acids is 1. The summed E-state index contributed by atoms with van der Waals surface area (Å²) in [5.41, 5.74) is 2.29. The number of nitrogens with one attached hydrogen (secondary N) is 2. The molecule has 0 aromatic heterocycles. The number of anilines is 1. The van der Waals surface area contributed by atoms with Crippen molar-refractivity contribution in [2.24, 2.45) is 5.92 Å². The third-order valence-electron chi connectivity index (χ3n) is 3.30. The Kier molecular flexibility index (Phi) is 5.41. The smallest absolute Gasteiger partial charge is 0.242 e. The molecule has 110 valence electrons. The minimum atomic E-state index is -0.135. The van der Waals surface area contributed by atoms with E-state index in [0.29, 0.717) is 19.1 Å². The summed E-state index contributed by atoms with van der Waals surface area (Å²) in [6.45, 7) is 6.42. The predicted octanol–water partition coefficient (Wildman–Crippen LogP) is 2.20. The second-order valence-electron chi connectivity index (χ2n) is 5.67. The molecule has 20 heavy (non-hydrogen) atoms. The van der Waals surface area contributed by atoms with Gasteiger partial charge in [0, 0.05) is 31.9 Å². The lowest BCUT2D eigenvalue weighted by molar-refractivity contribution is -0.121. The lowest BCUT2D eigenvalue weighted by atomic mass is 10.1. The van der Waals surface area contributed by atoms with Crippen LogP contribution in [0.25, 0.3) is 0 Å². The molecule has 1 aliphatic rings. The van der Waals surface area contributed by atoms with Gasteiger partial charge < -0.3 is 15.4 Å². The number of rotatable bonds is 7. The standard InChI is InChI=1S/C16H24N2O2/c1-12(2)11-20-9-5-8-17-16(19)15-10-13-6-3-4-7-14(13)18-15/h3-4,6-7,12,15,18H,5,8-11H2,1-2H3,(H,17,19)/t15-/m0/s1. The number of hydrogen-bond donors (Lipinski definition) is 2. The lowest BCUT2D eigenvalue weighted by Gasteiger charge is -2.12. The second-order valence-corrected chi connectivity index (χ2v) is 5.67. The molecule has 1 aliphatic heterocycles. The third-order valence-corrected chi connectivity index (χ3v) is 3.30. The van der Waals surface area contributed by atoms with E-state index >= 15 is 0 Å². The first-order valence-electron chi connectivity index (χ1n) is 7.36. The SMILES string of the molecule is CC(C)COCCCNC(=O)[C@@H]1Cc2ccccc2N1. The van der Waals surface area contributed by atoms with Crippen LogP contribution in [0.3, 0.4) is 0 Å². The summed E-state index contributed by atoms with van der Waals surface area (Å²) in [5, 5.41) is 6.22. The van der Waals surface area contributed by atoms with Crippen LogP contribution in [0, 0.1) is 5.92 Å². The molecule has 1 aromatic rings. The maximum absolute atomic E-state index is 12.0. The number of hydrogen-bond acceptors (Lipinski definition) is 3. The normalized spacial score (nSPS) is 16.9. The zero-order chi connectivity index (χ0) is 14.4. The van der Waals surface area contributed by atoms with Crippen molar-refractivity contribution in [3.8, 4) is 0 Å². The van der Waals surface area contributed by atoms with Crippen LogP contribution in [0.2, 0.25) is 0 Å². The molecule has 0 spiro atoms. The molecule has 1 atom stereocenters. The lowest BCUT2D eigenvalue weighted by Crippen LogP contribution is -2.39.